The molecule has 0 saturated heterocycles. The molecule has 4 rings (SSSR count). The van der Waals surface area contributed by atoms with Crippen LogP contribution in [-0.4, -0.2) is 40.5 Å². The average molecular weight is 524 g/mol. The summed E-state index contributed by atoms with van der Waals surface area (Å²) in [5.74, 6) is -1.85. The highest BCUT2D eigenvalue weighted by Gasteiger charge is 2.45. The van der Waals surface area contributed by atoms with Crippen molar-refractivity contribution in [3.05, 3.63) is 88.8 Å². The van der Waals surface area contributed by atoms with Gasteiger partial charge in [-0.3, -0.25) is 4.90 Å². The number of aliphatic hydroxyl groups is 1. The quantitative estimate of drug-likeness (QED) is 0.408. The number of allylic oxidation sites excluding steroid dienone is 1. The molecule has 0 radical (unpaired) electrons. The molecule has 0 saturated carbocycles. The number of para-hydroxylation sites is 2. The monoisotopic (exact) mass is 523 g/mol. The Morgan fingerprint density at radius 1 is 1.08 bits per heavy atom. The third-order valence-electron chi connectivity index (χ3n) is 5.12. The molecule has 3 aromatic rings. The lowest BCUT2D eigenvalue weighted by molar-refractivity contribution is -0.108. The van der Waals surface area contributed by atoms with Gasteiger partial charge in [0.2, 0.25) is 5.88 Å². The predicted octanol–water partition coefficient (Wildman–Crippen LogP) is 5.88. The number of hydrogen-bond acceptors (Lipinski definition) is 5. The van der Waals surface area contributed by atoms with Gasteiger partial charge in [-0.15, -0.1) is 0 Å². The second-order valence-electron chi connectivity index (χ2n) is 7.58. The van der Waals surface area contributed by atoms with Crippen LogP contribution in [0.5, 0.6) is 17.4 Å². The van der Waals surface area contributed by atoms with Crippen LogP contribution in [0.15, 0.2) is 72.4 Å². The number of aromatic nitrogens is 1. The Kier molecular flexibility index (Phi) is 7.04. The molecule has 0 aliphatic carbocycles. The molecule has 2 aromatic carbocycles. The molecule has 7 nitrogen and oxygen atoms in total. The fourth-order valence-electron chi connectivity index (χ4n) is 3.38. The van der Waals surface area contributed by atoms with E-state index in [1.54, 1.807) is 18.2 Å². The standard InChI is InChI=1S/C24H18ClF4N3O4/c1-31-19(24(27,28)29)12-20(33)32(23(31)34)21-16(26)11-15(25)22(30-21)36-18-10-6-5-9-17(18)35-13-14-7-3-2-4-8-14/h2-12,20,33H,13H2,1H3. The highest BCUT2D eigenvalue weighted by molar-refractivity contribution is 6.32. The van der Waals surface area contributed by atoms with Crippen molar-refractivity contribution < 1.29 is 36.9 Å². The first-order chi connectivity index (χ1) is 17.1. The summed E-state index contributed by atoms with van der Waals surface area (Å²) in [6.07, 6.45) is -6.70. The number of carbonyl (C=O) groups excluding carboxylic acids is 1. The number of ether oxygens (including phenoxy) is 2. The van der Waals surface area contributed by atoms with Gasteiger partial charge in [0.05, 0.1) is 0 Å². The predicted molar refractivity (Wildman–Crippen MR) is 122 cm³/mol. The largest absolute Gasteiger partial charge is 0.485 e. The molecule has 1 aliphatic heterocycles. The fraction of sp³-hybridized carbons (Fsp3) is 0.167. The molecule has 188 valence electrons. The first-order valence-corrected chi connectivity index (χ1v) is 10.8. The van der Waals surface area contributed by atoms with Gasteiger partial charge in [0.25, 0.3) is 0 Å². The molecule has 1 unspecified atom stereocenters. The molecule has 0 spiro atoms. The number of alkyl halides is 3. The summed E-state index contributed by atoms with van der Waals surface area (Å²) in [4.78, 5) is 17.1. The minimum atomic E-state index is -4.92. The number of amides is 2. The van der Waals surface area contributed by atoms with Crippen LogP contribution in [0.1, 0.15) is 5.56 Å². The summed E-state index contributed by atoms with van der Waals surface area (Å²) >= 11 is 6.09. The van der Waals surface area contributed by atoms with Crippen LogP contribution >= 0.6 is 11.6 Å². The Morgan fingerprint density at radius 3 is 2.39 bits per heavy atom. The van der Waals surface area contributed by atoms with Gasteiger partial charge >= 0.3 is 12.2 Å². The van der Waals surface area contributed by atoms with Crippen LogP contribution in [0.25, 0.3) is 0 Å². The minimum Gasteiger partial charge on any atom is -0.485 e. The Bertz CT molecular complexity index is 1300. The number of rotatable bonds is 6. The number of aliphatic hydroxyl groups excluding tert-OH is 1. The molecular weight excluding hydrogens is 506 g/mol. The molecular formula is C24H18ClF4N3O4. The summed E-state index contributed by atoms with van der Waals surface area (Å²) in [6.45, 7) is 0.214. The second-order valence-corrected chi connectivity index (χ2v) is 7.99. The number of hydrogen-bond donors (Lipinski definition) is 1. The number of pyridine rings is 1. The zero-order valence-electron chi connectivity index (χ0n) is 18.5. The van der Waals surface area contributed by atoms with Crippen molar-refractivity contribution in [2.45, 2.75) is 19.0 Å². The topological polar surface area (TPSA) is 75.1 Å². The first kappa shape index (κ1) is 25.3. The molecule has 1 N–H and O–H groups in total. The molecule has 36 heavy (non-hydrogen) atoms. The van der Waals surface area contributed by atoms with Crippen molar-refractivity contribution in [3.63, 3.8) is 0 Å². The lowest BCUT2D eigenvalue weighted by Gasteiger charge is -2.36. The van der Waals surface area contributed by atoms with E-state index in [0.29, 0.717) is 16.7 Å². The number of halogens is 5. The molecule has 1 aromatic heterocycles. The Balaban J connectivity index is 1.64. The van der Waals surface area contributed by atoms with Crippen LogP contribution in [0.3, 0.4) is 0 Å². The molecule has 1 aliphatic rings. The zero-order valence-corrected chi connectivity index (χ0v) is 19.3. The van der Waals surface area contributed by atoms with Crippen molar-refractivity contribution in [1.82, 2.24) is 9.88 Å². The van der Waals surface area contributed by atoms with E-state index in [-0.39, 0.29) is 28.2 Å². The van der Waals surface area contributed by atoms with Gasteiger partial charge in [-0.05, 0) is 23.8 Å². The van der Waals surface area contributed by atoms with Gasteiger partial charge in [-0.1, -0.05) is 54.1 Å². The van der Waals surface area contributed by atoms with E-state index >= 15 is 0 Å². The number of nitrogens with zero attached hydrogens (tertiary/aromatic N) is 3. The van der Waals surface area contributed by atoms with Crippen LogP contribution < -0.4 is 14.4 Å². The fourth-order valence-corrected chi connectivity index (χ4v) is 3.56. The van der Waals surface area contributed by atoms with Crippen molar-refractivity contribution in [3.8, 4) is 17.4 Å². The SMILES string of the molecule is CN1C(=O)N(c2nc(Oc3ccccc3OCc3ccccc3)c(Cl)cc2F)C(O)C=C1C(F)(F)F. The molecule has 2 heterocycles. The Labute approximate surface area is 207 Å². The Morgan fingerprint density at radius 2 is 1.72 bits per heavy atom. The van der Waals surface area contributed by atoms with Crippen molar-refractivity contribution in [2.24, 2.45) is 0 Å². The maximum absolute atomic E-state index is 14.8. The van der Waals surface area contributed by atoms with Gasteiger partial charge in [-0.2, -0.15) is 18.2 Å². The third-order valence-corrected chi connectivity index (χ3v) is 5.39. The van der Waals surface area contributed by atoms with Crippen LogP contribution in [0, 0.1) is 5.82 Å². The smallest absolute Gasteiger partial charge is 0.431 e. The lowest BCUT2D eigenvalue weighted by Crippen LogP contribution is -2.53. The average Bonchev–Trinajstić information content (AvgIpc) is 2.83. The summed E-state index contributed by atoms with van der Waals surface area (Å²) in [5, 5.41) is 9.96. The van der Waals surface area contributed by atoms with Crippen LogP contribution in [-0.2, 0) is 6.61 Å². The highest BCUT2D eigenvalue weighted by atomic mass is 35.5. The van der Waals surface area contributed by atoms with Crippen molar-refractivity contribution >= 4 is 23.4 Å². The van der Waals surface area contributed by atoms with E-state index in [2.05, 4.69) is 4.98 Å². The maximum Gasteiger partial charge on any atom is 0.431 e. The minimum absolute atomic E-state index is 0.155. The second kappa shape index (κ2) is 10.0. The van der Waals surface area contributed by atoms with Crippen LogP contribution in [0.4, 0.5) is 28.2 Å². The highest BCUT2D eigenvalue weighted by Crippen LogP contribution is 2.38. The van der Waals surface area contributed by atoms with Crippen LogP contribution in [0.2, 0.25) is 5.02 Å². The molecule has 0 fully saturated rings. The van der Waals surface area contributed by atoms with Gasteiger partial charge in [-0.25, -0.2) is 14.1 Å². The number of carbonyl (C=O) groups is 1. The van der Waals surface area contributed by atoms with Crippen molar-refractivity contribution in [2.75, 3.05) is 11.9 Å². The molecule has 12 heteroatoms. The van der Waals surface area contributed by atoms with E-state index in [1.807, 2.05) is 30.3 Å². The van der Waals surface area contributed by atoms with Gasteiger partial charge in [0.15, 0.2) is 29.4 Å². The van der Waals surface area contributed by atoms with E-state index < -0.39 is 35.8 Å². The molecule has 0 bridgehead atoms. The van der Waals surface area contributed by atoms with Gasteiger partial charge < -0.3 is 14.6 Å². The summed E-state index contributed by atoms with van der Waals surface area (Å²) in [7, 11) is 0.839. The number of anilines is 1. The third kappa shape index (κ3) is 5.21. The molecule has 1 atom stereocenters. The lowest BCUT2D eigenvalue weighted by atomic mass is 10.2. The van der Waals surface area contributed by atoms with Crippen molar-refractivity contribution in [1.29, 1.82) is 0 Å². The summed E-state index contributed by atoms with van der Waals surface area (Å²) in [5.41, 5.74) is -0.507. The summed E-state index contributed by atoms with van der Waals surface area (Å²) in [6, 6.07) is 15.2. The van der Waals surface area contributed by atoms with Gasteiger partial charge in [0, 0.05) is 13.1 Å². The number of benzene rings is 2. The number of urea groups is 1. The first-order valence-electron chi connectivity index (χ1n) is 10.4. The van der Waals surface area contributed by atoms with E-state index in [9.17, 15) is 27.5 Å². The molecule has 2 amide bonds. The van der Waals surface area contributed by atoms with E-state index in [0.717, 1.165) is 18.7 Å². The maximum atomic E-state index is 14.8. The van der Waals surface area contributed by atoms with E-state index in [1.165, 1.54) is 6.07 Å². The van der Waals surface area contributed by atoms with Gasteiger partial charge in [0.1, 0.15) is 17.3 Å². The Hall–Kier alpha value is -3.83. The summed E-state index contributed by atoms with van der Waals surface area (Å²) < 4.78 is 65.8. The zero-order chi connectivity index (χ0) is 26.0. The van der Waals surface area contributed by atoms with E-state index in [4.69, 9.17) is 21.1 Å². The normalized spacial score (nSPS) is 16.1.